The van der Waals surface area contributed by atoms with E-state index in [2.05, 4.69) is 10.6 Å². The molecule has 3 rings (SSSR count). The van der Waals surface area contributed by atoms with E-state index in [4.69, 9.17) is 4.74 Å². The van der Waals surface area contributed by atoms with Gasteiger partial charge in [-0.3, -0.25) is 14.2 Å². The summed E-state index contributed by atoms with van der Waals surface area (Å²) in [5, 5.41) is 14.8. The maximum atomic E-state index is 13.3. The lowest BCUT2D eigenvalue weighted by Crippen LogP contribution is -2.45. The van der Waals surface area contributed by atoms with Crippen LogP contribution in [0.5, 0.6) is 0 Å². The van der Waals surface area contributed by atoms with E-state index in [-0.39, 0.29) is 13.0 Å². The average molecular weight is 431 g/mol. The van der Waals surface area contributed by atoms with Crippen LogP contribution in [0.15, 0.2) is 36.5 Å². The number of hydrogen-bond donors (Lipinski definition) is 3. The molecule has 2 atom stereocenters. The third kappa shape index (κ3) is 5.69. The first-order valence-corrected chi connectivity index (χ1v) is 9.99. The highest BCUT2D eigenvalue weighted by Crippen LogP contribution is 2.25. The van der Waals surface area contributed by atoms with Crippen molar-refractivity contribution in [2.75, 3.05) is 6.54 Å². The zero-order valence-electron chi connectivity index (χ0n) is 17.6. The number of nitrogens with zero attached hydrogens (tertiary/aromatic N) is 1. The second kappa shape index (κ2) is 8.89. The maximum Gasteiger partial charge on any atom is 0.418 e. The van der Waals surface area contributed by atoms with Crippen molar-refractivity contribution >= 4 is 17.9 Å². The Morgan fingerprint density at radius 2 is 1.97 bits per heavy atom. The average Bonchev–Trinajstić information content (AvgIpc) is 3.24. The van der Waals surface area contributed by atoms with Crippen LogP contribution in [-0.4, -0.2) is 51.9 Å². The minimum Gasteiger partial charge on any atom is -0.443 e. The molecule has 31 heavy (non-hydrogen) atoms. The van der Waals surface area contributed by atoms with Gasteiger partial charge in [0.25, 0.3) is 0 Å². The molecule has 1 aromatic heterocycles. The minimum atomic E-state index is -0.964. The van der Waals surface area contributed by atoms with Crippen molar-refractivity contribution in [1.29, 1.82) is 0 Å². The summed E-state index contributed by atoms with van der Waals surface area (Å²) in [6.45, 7) is 5.37. The standard InChI is InChI=1S/C22H26FN3O5/c1-22(2,3)31-21(30)26-12-13(10-16(26)14-5-7-15(23)8-6-14)4-9-18(28)25-19-17(27)11-24-20(19)29/h5-8,10,12,17,19,27H,4,9,11H2,1-3H3,(H,24,29)(H,25,28)/t17-,19+/m1/s1. The summed E-state index contributed by atoms with van der Waals surface area (Å²) in [7, 11) is 0. The third-order valence-electron chi connectivity index (χ3n) is 4.72. The van der Waals surface area contributed by atoms with Crippen molar-refractivity contribution in [2.24, 2.45) is 0 Å². The zero-order valence-corrected chi connectivity index (χ0v) is 17.6. The highest BCUT2D eigenvalue weighted by molar-refractivity contribution is 5.90. The molecule has 0 aliphatic carbocycles. The van der Waals surface area contributed by atoms with Crippen LogP contribution in [0.25, 0.3) is 11.3 Å². The minimum absolute atomic E-state index is 0.0533. The summed E-state index contributed by atoms with van der Waals surface area (Å²) in [4.78, 5) is 36.6. The SMILES string of the molecule is CC(C)(C)OC(=O)n1cc(CCC(=O)N[C@@H]2C(=O)NC[C@H]2O)cc1-c1ccc(F)cc1. The van der Waals surface area contributed by atoms with Gasteiger partial charge in [-0.05, 0) is 68.7 Å². The van der Waals surface area contributed by atoms with Gasteiger partial charge in [-0.25, -0.2) is 9.18 Å². The van der Waals surface area contributed by atoms with Crippen LogP contribution in [0.2, 0.25) is 0 Å². The first-order valence-electron chi connectivity index (χ1n) is 9.99. The lowest BCUT2D eigenvalue weighted by Gasteiger charge is -2.20. The van der Waals surface area contributed by atoms with Gasteiger partial charge in [0.05, 0.1) is 5.69 Å². The topological polar surface area (TPSA) is 110 Å². The number of nitrogens with one attached hydrogen (secondary N) is 2. The fraction of sp³-hybridized carbons (Fsp3) is 0.409. The molecule has 9 heteroatoms. The fourth-order valence-corrected chi connectivity index (χ4v) is 3.23. The molecule has 1 aliphatic heterocycles. The molecule has 2 amide bonds. The molecule has 166 valence electrons. The van der Waals surface area contributed by atoms with Crippen LogP contribution >= 0.6 is 0 Å². The Kier molecular flexibility index (Phi) is 6.45. The van der Waals surface area contributed by atoms with Crippen LogP contribution in [-0.2, 0) is 20.7 Å². The lowest BCUT2D eigenvalue weighted by molar-refractivity contribution is -0.128. The van der Waals surface area contributed by atoms with Gasteiger partial charge in [-0.1, -0.05) is 0 Å². The van der Waals surface area contributed by atoms with Crippen LogP contribution in [0.3, 0.4) is 0 Å². The number of halogens is 1. The van der Waals surface area contributed by atoms with E-state index in [1.807, 2.05) is 0 Å². The molecule has 1 fully saturated rings. The van der Waals surface area contributed by atoms with E-state index >= 15 is 0 Å². The van der Waals surface area contributed by atoms with Gasteiger partial charge in [-0.2, -0.15) is 0 Å². The first-order chi connectivity index (χ1) is 14.5. The number of β-amino-alcohol motifs (C(OH)–C–C–N with tert-alkyl or cyclic N) is 1. The van der Waals surface area contributed by atoms with Gasteiger partial charge in [-0.15, -0.1) is 0 Å². The lowest BCUT2D eigenvalue weighted by atomic mass is 10.1. The second-order valence-corrected chi connectivity index (χ2v) is 8.45. The van der Waals surface area contributed by atoms with Crippen LogP contribution in [0, 0.1) is 5.82 Å². The van der Waals surface area contributed by atoms with Gasteiger partial charge in [0, 0.05) is 19.2 Å². The number of aliphatic hydroxyl groups is 1. The molecule has 3 N–H and O–H groups in total. The Morgan fingerprint density at radius 3 is 2.55 bits per heavy atom. The predicted molar refractivity (Wildman–Crippen MR) is 111 cm³/mol. The van der Waals surface area contributed by atoms with Crippen LogP contribution < -0.4 is 10.6 Å². The van der Waals surface area contributed by atoms with Gasteiger partial charge < -0.3 is 20.5 Å². The predicted octanol–water partition coefficient (Wildman–Crippen LogP) is 1.99. The molecule has 2 heterocycles. The number of aliphatic hydroxyl groups excluding tert-OH is 1. The zero-order chi connectivity index (χ0) is 22.8. The van der Waals surface area contributed by atoms with E-state index < -0.39 is 41.5 Å². The number of amides is 2. The molecule has 0 unspecified atom stereocenters. The quantitative estimate of drug-likeness (QED) is 0.671. The monoisotopic (exact) mass is 431 g/mol. The summed E-state index contributed by atoms with van der Waals surface area (Å²) in [6.07, 6.45) is 0.373. The third-order valence-corrected chi connectivity index (χ3v) is 4.72. The number of carbonyl (C=O) groups is 3. The number of ether oxygens (including phenoxy) is 1. The Morgan fingerprint density at radius 1 is 1.29 bits per heavy atom. The molecular formula is C22H26FN3O5. The van der Waals surface area contributed by atoms with Crippen molar-refractivity contribution in [3.63, 3.8) is 0 Å². The van der Waals surface area contributed by atoms with Gasteiger partial charge in [0.15, 0.2) is 0 Å². The molecule has 0 bridgehead atoms. The van der Waals surface area contributed by atoms with E-state index in [0.717, 1.165) is 0 Å². The summed E-state index contributed by atoms with van der Waals surface area (Å²) >= 11 is 0. The number of carbonyl (C=O) groups excluding carboxylic acids is 3. The van der Waals surface area contributed by atoms with Crippen molar-refractivity contribution in [3.8, 4) is 11.3 Å². The van der Waals surface area contributed by atoms with Crippen molar-refractivity contribution in [2.45, 2.75) is 51.4 Å². The molecule has 2 aromatic rings. The van der Waals surface area contributed by atoms with Crippen LogP contribution in [0.4, 0.5) is 9.18 Å². The Balaban J connectivity index is 1.76. The molecule has 1 saturated heterocycles. The molecule has 1 aliphatic rings. The second-order valence-electron chi connectivity index (χ2n) is 8.45. The number of aryl methyl sites for hydroxylation is 1. The Bertz CT molecular complexity index is 978. The molecule has 1 aromatic carbocycles. The smallest absolute Gasteiger partial charge is 0.418 e. The van der Waals surface area contributed by atoms with E-state index in [1.54, 1.807) is 45.2 Å². The molecule has 0 saturated carbocycles. The number of benzene rings is 1. The Hall–Kier alpha value is -3.20. The normalized spacial score (nSPS) is 18.5. The van der Waals surface area contributed by atoms with E-state index in [1.165, 1.54) is 16.7 Å². The van der Waals surface area contributed by atoms with Crippen molar-refractivity contribution in [1.82, 2.24) is 15.2 Å². The summed E-state index contributed by atoms with van der Waals surface area (Å²) in [6, 6.07) is 6.49. The molecule has 8 nitrogen and oxygen atoms in total. The largest absolute Gasteiger partial charge is 0.443 e. The summed E-state index contributed by atoms with van der Waals surface area (Å²) in [5.74, 6) is -1.21. The number of rotatable bonds is 5. The van der Waals surface area contributed by atoms with Crippen LogP contribution in [0.1, 0.15) is 32.8 Å². The summed E-state index contributed by atoms with van der Waals surface area (Å²) < 4.78 is 20.1. The Labute approximate surface area is 179 Å². The summed E-state index contributed by atoms with van der Waals surface area (Å²) in [5.41, 5.74) is 1.12. The number of hydrogen-bond acceptors (Lipinski definition) is 5. The highest BCUT2D eigenvalue weighted by atomic mass is 19.1. The van der Waals surface area contributed by atoms with Gasteiger partial charge in [0.2, 0.25) is 11.8 Å². The van der Waals surface area contributed by atoms with E-state index in [9.17, 15) is 23.9 Å². The molecule has 0 radical (unpaired) electrons. The molecule has 0 spiro atoms. The van der Waals surface area contributed by atoms with Gasteiger partial charge >= 0.3 is 6.09 Å². The molecular weight excluding hydrogens is 405 g/mol. The van der Waals surface area contributed by atoms with E-state index in [0.29, 0.717) is 23.2 Å². The fourth-order valence-electron chi connectivity index (χ4n) is 3.23. The maximum absolute atomic E-state index is 13.3. The van der Waals surface area contributed by atoms with Crippen molar-refractivity contribution < 1.29 is 28.6 Å². The van der Waals surface area contributed by atoms with Crippen molar-refractivity contribution in [3.05, 3.63) is 47.9 Å². The van der Waals surface area contributed by atoms with Gasteiger partial charge in [0.1, 0.15) is 23.6 Å². The number of aromatic nitrogens is 1. The first kappa shape index (κ1) is 22.5. The highest BCUT2D eigenvalue weighted by Gasteiger charge is 2.34.